The Hall–Kier alpha value is -2.35. The number of nitrogens with one attached hydrogen (secondary N) is 1. The van der Waals surface area contributed by atoms with E-state index in [1.807, 2.05) is 0 Å². The molecule has 8 heteroatoms. The third kappa shape index (κ3) is 2.13. The van der Waals surface area contributed by atoms with E-state index in [1.54, 1.807) is 19.2 Å². The van der Waals surface area contributed by atoms with Crippen molar-refractivity contribution in [2.45, 2.75) is 24.9 Å². The third-order valence-corrected chi connectivity index (χ3v) is 5.36. The summed E-state index contributed by atoms with van der Waals surface area (Å²) in [6.07, 6.45) is 2.28. The van der Waals surface area contributed by atoms with E-state index in [-0.39, 0.29) is 23.5 Å². The van der Waals surface area contributed by atoms with Crippen LogP contribution in [0.4, 0.5) is 5.69 Å². The maximum atomic E-state index is 11.4. The van der Waals surface area contributed by atoms with Crippen LogP contribution in [0.15, 0.2) is 17.2 Å². The van der Waals surface area contributed by atoms with Gasteiger partial charge in [-0.15, -0.1) is 0 Å². The summed E-state index contributed by atoms with van der Waals surface area (Å²) in [5.74, 6) is 1.30. The number of benzene rings is 1. The van der Waals surface area contributed by atoms with Crippen molar-refractivity contribution in [2.24, 2.45) is 11.0 Å². The Morgan fingerprint density at radius 3 is 2.58 bits per heavy atom. The molecule has 0 aliphatic carbocycles. The minimum atomic E-state index is -0.425. The molecule has 24 heavy (non-hydrogen) atoms. The lowest BCUT2D eigenvalue weighted by Crippen LogP contribution is -2.56. The lowest BCUT2D eigenvalue weighted by Gasteiger charge is -2.45. The predicted octanol–water partition coefficient (Wildman–Crippen LogP) is 1.71. The predicted molar refractivity (Wildman–Crippen MR) is 87.6 cm³/mol. The molecule has 0 aromatic heterocycles. The number of hydrogen-bond donors (Lipinski definition) is 1. The molecule has 2 bridgehead atoms. The molecule has 0 saturated carbocycles. The fourth-order valence-electron chi connectivity index (χ4n) is 4.19. The average molecular weight is 332 g/mol. The SMILES string of the molecule is COc1cc(OC)c([N+](=O)[O-])cc1C1NN=C2C3CCN(CC3)C21. The molecule has 0 radical (unpaired) electrons. The first kappa shape index (κ1) is 15.2. The summed E-state index contributed by atoms with van der Waals surface area (Å²) in [6.45, 7) is 2.10. The Bertz CT molecular complexity index is 712. The normalized spacial score (nSPS) is 30.3. The Balaban J connectivity index is 1.77. The van der Waals surface area contributed by atoms with Gasteiger partial charge in [-0.25, -0.2) is 0 Å². The minimum absolute atomic E-state index is 0.0560. The Kier molecular flexibility index (Phi) is 3.56. The Morgan fingerprint density at radius 1 is 1.25 bits per heavy atom. The summed E-state index contributed by atoms with van der Waals surface area (Å²) in [4.78, 5) is 13.4. The highest BCUT2D eigenvalue weighted by Crippen LogP contribution is 2.44. The maximum Gasteiger partial charge on any atom is 0.311 e. The van der Waals surface area contributed by atoms with Crippen LogP contribution in [0.5, 0.6) is 11.5 Å². The molecule has 0 amide bonds. The van der Waals surface area contributed by atoms with E-state index in [1.165, 1.54) is 12.8 Å². The molecule has 2 unspecified atom stereocenters. The van der Waals surface area contributed by atoms with Gasteiger partial charge in [-0.2, -0.15) is 5.10 Å². The van der Waals surface area contributed by atoms with Crippen LogP contribution >= 0.6 is 0 Å². The van der Waals surface area contributed by atoms with Crippen molar-refractivity contribution in [3.8, 4) is 11.5 Å². The lowest BCUT2D eigenvalue weighted by molar-refractivity contribution is -0.385. The van der Waals surface area contributed by atoms with E-state index in [4.69, 9.17) is 9.47 Å². The summed E-state index contributed by atoms with van der Waals surface area (Å²) >= 11 is 0. The number of piperidine rings is 3. The van der Waals surface area contributed by atoms with Crippen molar-refractivity contribution >= 4 is 11.4 Å². The fraction of sp³-hybridized carbons (Fsp3) is 0.562. The zero-order chi connectivity index (χ0) is 16.8. The highest BCUT2D eigenvalue weighted by molar-refractivity contribution is 5.95. The standard InChI is InChI=1S/C16H20N4O4/c1-23-12-8-13(24-2)11(20(21)22)7-10(12)15-16-14(17-18-15)9-3-5-19(16)6-4-9/h7-9,15-16,18H,3-6H2,1-2H3. The second kappa shape index (κ2) is 5.62. The molecule has 3 saturated heterocycles. The van der Waals surface area contributed by atoms with Gasteiger partial charge in [0, 0.05) is 23.6 Å². The van der Waals surface area contributed by atoms with Gasteiger partial charge in [0.1, 0.15) is 5.75 Å². The summed E-state index contributed by atoms with van der Waals surface area (Å²) in [5, 5.41) is 15.9. The number of nitro benzene ring substituents is 1. The van der Waals surface area contributed by atoms with Crippen molar-refractivity contribution < 1.29 is 14.4 Å². The van der Waals surface area contributed by atoms with E-state index < -0.39 is 4.92 Å². The second-order valence-electron chi connectivity index (χ2n) is 6.42. The number of nitro groups is 1. The number of methoxy groups -OCH3 is 2. The van der Waals surface area contributed by atoms with Crippen LogP contribution in [0.3, 0.4) is 0 Å². The first-order valence-corrected chi connectivity index (χ1v) is 8.11. The monoisotopic (exact) mass is 332 g/mol. The van der Waals surface area contributed by atoms with Crippen LogP contribution in [0, 0.1) is 16.0 Å². The zero-order valence-electron chi connectivity index (χ0n) is 13.7. The molecule has 4 heterocycles. The first-order valence-electron chi connectivity index (χ1n) is 8.11. The first-order chi connectivity index (χ1) is 11.6. The van der Waals surface area contributed by atoms with Crippen LogP contribution < -0.4 is 14.9 Å². The maximum absolute atomic E-state index is 11.4. The van der Waals surface area contributed by atoms with Crippen molar-refractivity contribution in [1.82, 2.24) is 10.3 Å². The van der Waals surface area contributed by atoms with E-state index in [2.05, 4.69) is 15.4 Å². The van der Waals surface area contributed by atoms with Crippen molar-refractivity contribution in [2.75, 3.05) is 27.3 Å². The molecule has 1 N–H and O–H groups in total. The molecule has 3 fully saturated rings. The van der Waals surface area contributed by atoms with Crippen molar-refractivity contribution in [1.29, 1.82) is 0 Å². The largest absolute Gasteiger partial charge is 0.496 e. The summed E-state index contributed by atoms with van der Waals surface area (Å²) in [7, 11) is 2.98. The summed E-state index contributed by atoms with van der Waals surface area (Å²) in [5.41, 5.74) is 5.07. The molecule has 8 nitrogen and oxygen atoms in total. The van der Waals surface area contributed by atoms with Crippen LogP contribution in [0.25, 0.3) is 0 Å². The van der Waals surface area contributed by atoms with Gasteiger partial charge >= 0.3 is 5.69 Å². The minimum Gasteiger partial charge on any atom is -0.496 e. The van der Waals surface area contributed by atoms with Crippen LogP contribution in [-0.4, -0.2) is 48.9 Å². The van der Waals surface area contributed by atoms with Gasteiger partial charge < -0.3 is 14.9 Å². The van der Waals surface area contributed by atoms with Crippen molar-refractivity contribution in [3.05, 3.63) is 27.8 Å². The van der Waals surface area contributed by atoms with Crippen molar-refractivity contribution in [3.63, 3.8) is 0 Å². The Morgan fingerprint density at radius 2 is 1.96 bits per heavy atom. The average Bonchev–Trinajstić information content (AvgIpc) is 3.08. The van der Waals surface area contributed by atoms with Crippen LogP contribution in [0.1, 0.15) is 24.4 Å². The van der Waals surface area contributed by atoms with Gasteiger partial charge in [-0.1, -0.05) is 0 Å². The van der Waals surface area contributed by atoms with Gasteiger partial charge in [0.2, 0.25) is 5.75 Å². The van der Waals surface area contributed by atoms with Gasteiger partial charge in [-0.05, 0) is 25.9 Å². The zero-order valence-corrected chi connectivity index (χ0v) is 13.7. The third-order valence-electron chi connectivity index (χ3n) is 5.36. The van der Waals surface area contributed by atoms with Gasteiger partial charge in [-0.3, -0.25) is 15.0 Å². The lowest BCUT2D eigenvalue weighted by atomic mass is 9.78. The fourth-order valence-corrected chi connectivity index (χ4v) is 4.19. The van der Waals surface area contributed by atoms with Gasteiger partial charge in [0.05, 0.1) is 36.9 Å². The molecule has 5 rings (SSSR count). The van der Waals surface area contributed by atoms with Crippen LogP contribution in [0.2, 0.25) is 0 Å². The number of rotatable bonds is 4. The molecule has 2 atom stereocenters. The van der Waals surface area contributed by atoms with E-state index in [9.17, 15) is 10.1 Å². The summed E-state index contributed by atoms with van der Waals surface area (Å²) in [6, 6.07) is 3.16. The smallest absolute Gasteiger partial charge is 0.311 e. The van der Waals surface area contributed by atoms with E-state index in [0.717, 1.165) is 31.5 Å². The number of hydrazone groups is 1. The summed E-state index contributed by atoms with van der Waals surface area (Å²) < 4.78 is 10.6. The topological polar surface area (TPSA) is 89.2 Å². The number of hydrogen-bond acceptors (Lipinski definition) is 7. The molecule has 0 spiro atoms. The van der Waals surface area contributed by atoms with E-state index >= 15 is 0 Å². The number of ether oxygens (including phenoxy) is 2. The highest BCUT2D eigenvalue weighted by atomic mass is 16.6. The van der Waals surface area contributed by atoms with Gasteiger partial charge in [0.25, 0.3) is 0 Å². The number of fused-ring (bicyclic) bond motifs is 2. The molecular formula is C16H20N4O4. The molecule has 1 aromatic carbocycles. The second-order valence-corrected chi connectivity index (χ2v) is 6.42. The number of nitrogens with zero attached hydrogens (tertiary/aromatic N) is 3. The quantitative estimate of drug-likeness (QED) is 0.667. The molecular weight excluding hydrogens is 312 g/mol. The molecule has 1 aromatic rings. The molecule has 4 aliphatic heterocycles. The molecule has 128 valence electrons. The van der Waals surface area contributed by atoms with E-state index in [0.29, 0.717) is 11.7 Å². The Labute approximate surface area is 139 Å². The highest BCUT2D eigenvalue weighted by Gasteiger charge is 2.47. The van der Waals surface area contributed by atoms with Crippen LogP contribution in [-0.2, 0) is 0 Å². The van der Waals surface area contributed by atoms with Gasteiger partial charge in [0.15, 0.2) is 0 Å². The molecule has 4 aliphatic rings.